The van der Waals surface area contributed by atoms with Gasteiger partial charge in [0, 0.05) is 17.1 Å². The number of carbonyl (C=O) groups excluding carboxylic acids is 1. The van der Waals surface area contributed by atoms with E-state index in [1.165, 1.54) is 0 Å². The maximum absolute atomic E-state index is 11.3. The van der Waals surface area contributed by atoms with E-state index >= 15 is 0 Å². The van der Waals surface area contributed by atoms with Crippen LogP contribution >= 0.6 is 27.5 Å². The molecule has 1 aliphatic heterocycles. The molecule has 0 fully saturated rings. The first-order valence-corrected chi connectivity index (χ1v) is 7.53. The number of nitrogens with one attached hydrogen (secondary N) is 2. The topological polar surface area (TPSA) is 50.4 Å². The van der Waals surface area contributed by atoms with Crippen LogP contribution in [-0.4, -0.2) is 12.5 Å². The van der Waals surface area contributed by atoms with E-state index in [1.807, 2.05) is 24.3 Å². The van der Waals surface area contributed by atoms with Gasteiger partial charge >= 0.3 is 0 Å². The first-order chi connectivity index (χ1) is 10.1. The Morgan fingerprint density at radius 3 is 2.81 bits per heavy atom. The number of ether oxygens (including phenoxy) is 1. The van der Waals surface area contributed by atoms with Crippen molar-refractivity contribution in [1.29, 1.82) is 0 Å². The van der Waals surface area contributed by atoms with Gasteiger partial charge in [-0.25, -0.2) is 0 Å². The quantitative estimate of drug-likeness (QED) is 0.860. The second-order valence-electron chi connectivity index (χ2n) is 4.65. The molecule has 2 aromatic carbocycles. The van der Waals surface area contributed by atoms with Crippen molar-refractivity contribution in [2.24, 2.45) is 0 Å². The molecule has 108 valence electrons. The molecule has 2 aromatic rings. The van der Waals surface area contributed by atoms with Gasteiger partial charge in [0.05, 0.1) is 16.4 Å². The van der Waals surface area contributed by atoms with Crippen molar-refractivity contribution < 1.29 is 9.53 Å². The van der Waals surface area contributed by atoms with E-state index in [1.54, 1.807) is 12.1 Å². The van der Waals surface area contributed by atoms with Crippen LogP contribution in [0.1, 0.15) is 5.56 Å². The number of halogens is 2. The summed E-state index contributed by atoms with van der Waals surface area (Å²) in [5, 5.41) is 6.54. The van der Waals surface area contributed by atoms with Crippen molar-refractivity contribution in [3.63, 3.8) is 0 Å². The van der Waals surface area contributed by atoms with Gasteiger partial charge in [-0.1, -0.05) is 39.7 Å². The lowest BCUT2D eigenvalue weighted by Gasteiger charge is -2.20. The summed E-state index contributed by atoms with van der Waals surface area (Å²) in [6.45, 7) is 0.679. The summed E-state index contributed by atoms with van der Waals surface area (Å²) < 4.78 is 6.43. The maximum Gasteiger partial charge on any atom is 0.262 e. The number of amides is 1. The van der Waals surface area contributed by atoms with E-state index in [-0.39, 0.29) is 12.5 Å². The van der Waals surface area contributed by atoms with Crippen LogP contribution < -0.4 is 15.4 Å². The van der Waals surface area contributed by atoms with Gasteiger partial charge < -0.3 is 15.4 Å². The second-order valence-corrected chi connectivity index (χ2v) is 5.97. The standard InChI is InChI=1S/C15H12BrClN2O2/c16-10-3-1-9(2-4-10)7-18-12-6-14-13(5-11(12)17)19-15(20)8-21-14/h1-6,18H,7-8H2,(H,19,20). The monoisotopic (exact) mass is 366 g/mol. The highest BCUT2D eigenvalue weighted by Gasteiger charge is 2.18. The first-order valence-electron chi connectivity index (χ1n) is 6.36. The number of fused-ring (bicyclic) bond motifs is 1. The van der Waals surface area contributed by atoms with Gasteiger partial charge in [0.15, 0.2) is 6.61 Å². The molecule has 0 saturated carbocycles. The molecule has 0 bridgehead atoms. The fourth-order valence-electron chi connectivity index (χ4n) is 2.04. The average Bonchev–Trinajstić information content (AvgIpc) is 2.47. The zero-order chi connectivity index (χ0) is 14.8. The van der Waals surface area contributed by atoms with Crippen LogP contribution in [0.2, 0.25) is 5.02 Å². The molecule has 21 heavy (non-hydrogen) atoms. The van der Waals surface area contributed by atoms with E-state index in [4.69, 9.17) is 16.3 Å². The van der Waals surface area contributed by atoms with E-state index in [0.29, 0.717) is 23.0 Å². The highest BCUT2D eigenvalue weighted by atomic mass is 79.9. The molecule has 1 aliphatic rings. The normalized spacial score (nSPS) is 13.1. The lowest BCUT2D eigenvalue weighted by Crippen LogP contribution is -2.25. The van der Waals surface area contributed by atoms with Crippen molar-refractivity contribution in [3.8, 4) is 5.75 Å². The average molecular weight is 368 g/mol. The van der Waals surface area contributed by atoms with Gasteiger partial charge in [-0.3, -0.25) is 4.79 Å². The molecule has 2 N–H and O–H groups in total. The Balaban J connectivity index is 1.76. The Morgan fingerprint density at radius 1 is 1.29 bits per heavy atom. The molecule has 3 rings (SSSR count). The Bertz CT molecular complexity index is 689. The molecule has 6 heteroatoms. The number of carbonyl (C=O) groups is 1. The van der Waals surface area contributed by atoms with Crippen LogP contribution in [0.15, 0.2) is 40.9 Å². The van der Waals surface area contributed by atoms with Crippen molar-refractivity contribution in [2.45, 2.75) is 6.54 Å². The van der Waals surface area contributed by atoms with Gasteiger partial charge in [0.1, 0.15) is 5.75 Å². The predicted octanol–water partition coefficient (Wildman–Crippen LogP) is 4.05. The Labute approximate surface area is 135 Å². The lowest BCUT2D eigenvalue weighted by atomic mass is 10.2. The smallest absolute Gasteiger partial charge is 0.262 e. The number of anilines is 2. The summed E-state index contributed by atoms with van der Waals surface area (Å²) in [5.41, 5.74) is 2.51. The number of hydrogen-bond donors (Lipinski definition) is 2. The van der Waals surface area contributed by atoms with Crippen molar-refractivity contribution in [3.05, 3.63) is 51.5 Å². The minimum absolute atomic E-state index is 0.0286. The molecule has 0 spiro atoms. The van der Waals surface area contributed by atoms with Gasteiger partial charge in [0.25, 0.3) is 5.91 Å². The third kappa shape index (κ3) is 3.31. The summed E-state index contributed by atoms with van der Waals surface area (Å²) >= 11 is 9.63. The van der Waals surface area contributed by atoms with Gasteiger partial charge in [0.2, 0.25) is 0 Å². The van der Waals surface area contributed by atoms with Gasteiger partial charge in [-0.15, -0.1) is 0 Å². The molecular formula is C15H12BrClN2O2. The zero-order valence-corrected chi connectivity index (χ0v) is 13.3. The molecular weight excluding hydrogens is 356 g/mol. The summed E-state index contributed by atoms with van der Waals surface area (Å²) in [5.74, 6) is 0.450. The molecule has 0 unspecified atom stereocenters. The SMILES string of the molecule is O=C1COc2cc(NCc3ccc(Br)cc3)c(Cl)cc2N1. The molecule has 1 heterocycles. The van der Waals surface area contributed by atoms with Crippen LogP contribution in [0, 0.1) is 0 Å². The summed E-state index contributed by atoms with van der Waals surface area (Å²) in [7, 11) is 0. The third-order valence-electron chi connectivity index (χ3n) is 3.10. The van der Waals surface area contributed by atoms with E-state index < -0.39 is 0 Å². The van der Waals surface area contributed by atoms with Crippen LogP contribution in [0.4, 0.5) is 11.4 Å². The molecule has 0 aliphatic carbocycles. The molecule has 0 saturated heterocycles. The molecule has 1 amide bonds. The molecule has 0 aromatic heterocycles. The van der Waals surface area contributed by atoms with E-state index in [0.717, 1.165) is 15.7 Å². The second kappa shape index (κ2) is 5.95. The summed E-state index contributed by atoms with van der Waals surface area (Å²) in [4.78, 5) is 11.3. The summed E-state index contributed by atoms with van der Waals surface area (Å²) in [6.07, 6.45) is 0. The molecule has 0 radical (unpaired) electrons. The van der Waals surface area contributed by atoms with Crippen LogP contribution in [-0.2, 0) is 11.3 Å². The fraction of sp³-hybridized carbons (Fsp3) is 0.133. The maximum atomic E-state index is 11.3. The van der Waals surface area contributed by atoms with E-state index in [2.05, 4.69) is 26.6 Å². The minimum Gasteiger partial charge on any atom is -0.482 e. The zero-order valence-electron chi connectivity index (χ0n) is 11.0. The van der Waals surface area contributed by atoms with Gasteiger partial charge in [-0.05, 0) is 23.8 Å². The summed E-state index contributed by atoms with van der Waals surface area (Å²) in [6, 6.07) is 11.5. The van der Waals surface area contributed by atoms with Crippen LogP contribution in [0.3, 0.4) is 0 Å². The van der Waals surface area contributed by atoms with Crippen LogP contribution in [0.25, 0.3) is 0 Å². The Hall–Kier alpha value is -1.72. The molecule has 4 nitrogen and oxygen atoms in total. The lowest BCUT2D eigenvalue weighted by molar-refractivity contribution is -0.118. The van der Waals surface area contributed by atoms with Crippen molar-refractivity contribution in [1.82, 2.24) is 0 Å². The van der Waals surface area contributed by atoms with Gasteiger partial charge in [-0.2, -0.15) is 0 Å². The highest BCUT2D eigenvalue weighted by Crippen LogP contribution is 2.36. The molecule has 0 atom stereocenters. The predicted molar refractivity (Wildman–Crippen MR) is 87.0 cm³/mol. The van der Waals surface area contributed by atoms with Crippen molar-refractivity contribution >= 4 is 44.8 Å². The minimum atomic E-state index is -0.172. The van der Waals surface area contributed by atoms with E-state index in [9.17, 15) is 4.79 Å². The number of benzene rings is 2. The Morgan fingerprint density at radius 2 is 2.05 bits per heavy atom. The largest absolute Gasteiger partial charge is 0.482 e. The number of hydrogen-bond acceptors (Lipinski definition) is 3. The first kappa shape index (κ1) is 14.2. The van der Waals surface area contributed by atoms with Crippen molar-refractivity contribution in [2.75, 3.05) is 17.2 Å². The Kier molecular flexibility index (Phi) is 4.03. The fourth-order valence-corrected chi connectivity index (χ4v) is 2.53. The van der Waals surface area contributed by atoms with Crippen LogP contribution in [0.5, 0.6) is 5.75 Å². The highest BCUT2D eigenvalue weighted by molar-refractivity contribution is 9.10. The number of rotatable bonds is 3. The third-order valence-corrected chi connectivity index (χ3v) is 3.94.